The molecule has 0 saturated heterocycles. The van der Waals surface area contributed by atoms with Crippen molar-refractivity contribution in [2.45, 2.75) is 7.43 Å². The van der Waals surface area contributed by atoms with Gasteiger partial charge in [-0.05, 0) is 0 Å². The summed E-state index contributed by atoms with van der Waals surface area (Å²) in [6.07, 6.45) is 2.81. The number of hydrogen-bond acceptors (Lipinski definition) is 2. The standard InChI is InChI=1S/C3H5NO2.CH4.H2O/c5-3-1-2-4-6;;/h1-3H,4H2;1H4;1H2. The topological polar surface area (TPSA) is 88.2 Å². The van der Waals surface area contributed by atoms with E-state index >= 15 is 0 Å². The van der Waals surface area contributed by atoms with Crippen molar-refractivity contribution in [1.29, 1.82) is 0 Å². The van der Waals surface area contributed by atoms with Gasteiger partial charge in [-0.15, -0.1) is 0 Å². The second kappa shape index (κ2) is 16.3. The zero-order valence-corrected chi connectivity index (χ0v) is 3.63. The third-order valence-corrected chi connectivity index (χ3v) is 0.268. The molecule has 0 aliphatic heterocycles. The average molecular weight is 121 g/mol. The molecule has 8 heavy (non-hydrogen) atoms. The van der Waals surface area contributed by atoms with Gasteiger partial charge < -0.3 is 16.2 Å². The number of hydroxylamine groups is 1. The lowest BCUT2D eigenvalue weighted by Crippen LogP contribution is -2.69. The van der Waals surface area contributed by atoms with Crippen molar-refractivity contribution in [3.8, 4) is 0 Å². The van der Waals surface area contributed by atoms with E-state index in [0.29, 0.717) is 11.8 Å². The quantitative estimate of drug-likeness (QED) is 0.276. The summed E-state index contributed by atoms with van der Waals surface area (Å²) in [5.74, 6) is 0. The highest BCUT2D eigenvalue weighted by Crippen LogP contribution is 1.43. The first-order chi connectivity index (χ1) is 2.91. The Bertz CT molecular complexity index is 62.3. The summed E-state index contributed by atoms with van der Waals surface area (Å²) in [7, 11) is 0. The van der Waals surface area contributed by atoms with Gasteiger partial charge >= 0.3 is 0 Å². The van der Waals surface area contributed by atoms with Gasteiger partial charge in [0.05, 0.1) is 6.20 Å². The maximum Gasteiger partial charge on any atom is 0.148 e. The SMILES string of the molecule is C.O.O=CC=C[NH2+][O-]. The molecule has 0 heterocycles. The van der Waals surface area contributed by atoms with Crippen LogP contribution < -0.4 is 5.48 Å². The van der Waals surface area contributed by atoms with E-state index < -0.39 is 0 Å². The average Bonchev–Trinajstić information content (AvgIpc) is 1.61. The predicted octanol–water partition coefficient (Wildman–Crippen LogP) is -1.43. The van der Waals surface area contributed by atoms with Gasteiger partial charge in [0.1, 0.15) is 6.29 Å². The van der Waals surface area contributed by atoms with Gasteiger partial charge in [-0.25, -0.2) is 0 Å². The first-order valence-electron chi connectivity index (χ1n) is 1.47. The third-order valence-electron chi connectivity index (χ3n) is 0.268. The Morgan fingerprint density at radius 3 is 2.12 bits per heavy atom. The summed E-state index contributed by atoms with van der Waals surface area (Å²) in [6.45, 7) is 0. The van der Waals surface area contributed by atoms with E-state index in [-0.39, 0.29) is 12.9 Å². The molecule has 0 unspecified atom stereocenters. The van der Waals surface area contributed by atoms with E-state index in [9.17, 15) is 10.0 Å². The van der Waals surface area contributed by atoms with Gasteiger partial charge in [0.15, 0.2) is 0 Å². The Labute approximate surface area is 48.1 Å². The van der Waals surface area contributed by atoms with Crippen molar-refractivity contribution in [3.63, 3.8) is 0 Å². The maximum atomic E-state index is 9.32. The number of aldehydes is 1. The molecule has 0 rings (SSSR count). The Kier molecular flexibility index (Phi) is 31.9. The second-order valence-electron chi connectivity index (χ2n) is 0.657. The summed E-state index contributed by atoms with van der Waals surface area (Å²) in [6, 6.07) is 0. The molecular formula is C4H11NO3. The molecule has 0 fully saturated rings. The van der Waals surface area contributed by atoms with Crippen LogP contribution in [0.3, 0.4) is 0 Å². The molecule has 4 N–H and O–H groups in total. The number of allylic oxidation sites excluding steroid dienone is 1. The zero-order chi connectivity index (χ0) is 4.83. The van der Waals surface area contributed by atoms with Crippen LogP contribution in [0.1, 0.15) is 7.43 Å². The number of nitrogens with two attached hydrogens (primary N) is 1. The first kappa shape index (κ1) is 15.7. The third kappa shape index (κ3) is 18.6. The predicted molar refractivity (Wildman–Crippen MR) is 30.8 cm³/mol. The molecule has 4 heteroatoms. The molecule has 0 atom stereocenters. The van der Waals surface area contributed by atoms with Crippen molar-refractivity contribution in [1.82, 2.24) is 0 Å². The molecule has 0 aliphatic rings. The van der Waals surface area contributed by atoms with Gasteiger partial charge in [0.2, 0.25) is 0 Å². The van der Waals surface area contributed by atoms with Crippen molar-refractivity contribution >= 4 is 6.29 Å². The number of hydrogen-bond donors (Lipinski definition) is 1. The Balaban J connectivity index is -0.000000125. The largest absolute Gasteiger partial charge is 0.631 e. The lowest BCUT2D eigenvalue weighted by atomic mass is 10.7. The van der Waals surface area contributed by atoms with Crippen LogP contribution in [-0.4, -0.2) is 11.8 Å². The van der Waals surface area contributed by atoms with Crippen LogP contribution in [0.4, 0.5) is 0 Å². The van der Waals surface area contributed by atoms with E-state index in [1.54, 1.807) is 0 Å². The molecule has 0 aliphatic carbocycles. The molecule has 0 amide bonds. The van der Waals surface area contributed by atoms with Gasteiger partial charge in [0, 0.05) is 6.08 Å². The van der Waals surface area contributed by atoms with Crippen molar-refractivity contribution < 1.29 is 15.8 Å². The number of carbonyl (C=O) groups excluding carboxylic acids is 1. The summed E-state index contributed by atoms with van der Waals surface area (Å²) in [4.78, 5) is 9.32. The molecule has 0 bridgehead atoms. The van der Waals surface area contributed by atoms with E-state index in [0.717, 1.165) is 12.3 Å². The number of rotatable bonds is 2. The van der Waals surface area contributed by atoms with E-state index in [2.05, 4.69) is 0 Å². The first-order valence-corrected chi connectivity index (χ1v) is 1.47. The van der Waals surface area contributed by atoms with Gasteiger partial charge in [0.25, 0.3) is 0 Å². The van der Waals surface area contributed by atoms with Crippen LogP contribution in [-0.2, 0) is 4.79 Å². The number of carbonyl (C=O) groups is 1. The fourth-order valence-electron chi connectivity index (χ4n) is 0.0907. The minimum absolute atomic E-state index is 0. The van der Waals surface area contributed by atoms with Gasteiger partial charge in [-0.1, -0.05) is 7.43 Å². The highest BCUT2D eigenvalue weighted by Gasteiger charge is 1.56. The molecule has 4 nitrogen and oxygen atoms in total. The van der Waals surface area contributed by atoms with Gasteiger partial charge in [-0.3, -0.25) is 4.79 Å². The molecule has 0 saturated carbocycles. The lowest BCUT2D eigenvalue weighted by Gasteiger charge is -1.84. The summed E-state index contributed by atoms with van der Waals surface area (Å²) >= 11 is 0. The minimum Gasteiger partial charge on any atom is -0.631 e. The lowest BCUT2D eigenvalue weighted by molar-refractivity contribution is -0.514. The normalized spacial score (nSPS) is 7.12. The molecule has 0 radical (unpaired) electrons. The molecule has 0 spiro atoms. The second-order valence-corrected chi connectivity index (χ2v) is 0.657. The smallest absolute Gasteiger partial charge is 0.148 e. The van der Waals surface area contributed by atoms with Crippen LogP contribution in [0.25, 0.3) is 0 Å². The Morgan fingerprint density at radius 1 is 1.50 bits per heavy atom. The molecule has 0 aromatic heterocycles. The summed E-state index contributed by atoms with van der Waals surface area (Å²) < 4.78 is 0. The minimum atomic E-state index is 0. The monoisotopic (exact) mass is 121 g/mol. The van der Waals surface area contributed by atoms with E-state index in [1.807, 2.05) is 0 Å². The summed E-state index contributed by atoms with van der Waals surface area (Å²) in [5.41, 5.74) is 0.550. The fourth-order valence-corrected chi connectivity index (χ4v) is 0.0907. The number of quaternary nitrogens is 1. The molecule has 0 aromatic carbocycles. The Morgan fingerprint density at radius 2 is 2.00 bits per heavy atom. The van der Waals surface area contributed by atoms with Crippen LogP contribution in [0, 0.1) is 5.21 Å². The summed E-state index contributed by atoms with van der Waals surface area (Å²) in [5, 5.41) is 9.32. The van der Waals surface area contributed by atoms with Crippen LogP contribution in [0.2, 0.25) is 0 Å². The highest BCUT2D eigenvalue weighted by atomic mass is 16.5. The van der Waals surface area contributed by atoms with Crippen molar-refractivity contribution in [2.24, 2.45) is 0 Å². The van der Waals surface area contributed by atoms with Crippen molar-refractivity contribution in [3.05, 3.63) is 17.5 Å². The fraction of sp³-hybridized carbons (Fsp3) is 0.250. The maximum absolute atomic E-state index is 9.32. The van der Waals surface area contributed by atoms with Crippen LogP contribution in [0.5, 0.6) is 0 Å². The zero-order valence-electron chi connectivity index (χ0n) is 3.63. The van der Waals surface area contributed by atoms with Gasteiger partial charge in [-0.2, -0.15) is 0 Å². The van der Waals surface area contributed by atoms with E-state index in [1.165, 1.54) is 0 Å². The van der Waals surface area contributed by atoms with Crippen molar-refractivity contribution in [2.75, 3.05) is 0 Å². The highest BCUT2D eigenvalue weighted by molar-refractivity contribution is 5.63. The molecule has 0 aromatic rings. The van der Waals surface area contributed by atoms with Crippen LogP contribution >= 0.6 is 0 Å². The molecular weight excluding hydrogens is 110 g/mol. The van der Waals surface area contributed by atoms with E-state index in [4.69, 9.17) is 0 Å². The molecule has 50 valence electrons. The van der Waals surface area contributed by atoms with Crippen LogP contribution in [0.15, 0.2) is 12.3 Å². The Hall–Kier alpha value is -0.710.